The van der Waals surface area contributed by atoms with E-state index in [1.54, 1.807) is 7.11 Å². The number of hydrogen-bond donors (Lipinski definition) is 1. The predicted molar refractivity (Wildman–Crippen MR) is 101 cm³/mol. The lowest BCUT2D eigenvalue weighted by Crippen LogP contribution is -2.08. The largest absolute Gasteiger partial charge is 0.495 e. The molecule has 0 spiro atoms. The Balaban J connectivity index is 1.73. The fraction of sp³-hybridized carbons (Fsp3) is 0.368. The topological polar surface area (TPSA) is 21.3 Å². The zero-order chi connectivity index (χ0) is 16.6. The minimum atomic E-state index is 0.287. The van der Waals surface area contributed by atoms with Gasteiger partial charge in [-0.3, -0.25) is 0 Å². The number of ether oxygens (including phenoxy) is 1. The lowest BCUT2D eigenvalue weighted by atomic mass is 10.0. The van der Waals surface area contributed by atoms with Gasteiger partial charge in [-0.25, -0.2) is 0 Å². The lowest BCUT2D eigenvalue weighted by Gasteiger charge is -2.13. The summed E-state index contributed by atoms with van der Waals surface area (Å²) in [5.74, 6) is 1.93. The van der Waals surface area contributed by atoms with Gasteiger partial charge in [0.2, 0.25) is 0 Å². The Morgan fingerprint density at radius 2 is 1.87 bits per heavy atom. The smallest absolute Gasteiger partial charge is 0.143 e. The number of nitrogens with one attached hydrogen (secondary N) is 1. The van der Waals surface area contributed by atoms with Crippen molar-refractivity contribution in [3.63, 3.8) is 0 Å². The molecule has 2 nitrogen and oxygen atoms in total. The van der Waals surface area contributed by atoms with Crippen LogP contribution in [0, 0.1) is 11.3 Å². The molecule has 122 valence electrons. The minimum absolute atomic E-state index is 0.287. The summed E-state index contributed by atoms with van der Waals surface area (Å²) in [5.41, 5.74) is 2.57. The van der Waals surface area contributed by atoms with Crippen molar-refractivity contribution in [2.75, 3.05) is 19.0 Å². The molecule has 4 heteroatoms. The molecule has 2 atom stereocenters. The summed E-state index contributed by atoms with van der Waals surface area (Å²) >= 11 is 9.81. The Bertz CT molecular complexity index is 699. The highest BCUT2D eigenvalue weighted by Crippen LogP contribution is 2.64. The van der Waals surface area contributed by atoms with Crippen LogP contribution in [0.25, 0.3) is 0 Å². The average Bonchev–Trinajstić information content (AvgIpc) is 3.07. The fourth-order valence-corrected chi connectivity index (χ4v) is 4.01. The van der Waals surface area contributed by atoms with Crippen molar-refractivity contribution in [3.8, 4) is 5.75 Å². The van der Waals surface area contributed by atoms with E-state index in [4.69, 9.17) is 16.3 Å². The zero-order valence-electron chi connectivity index (χ0n) is 13.6. The predicted octanol–water partition coefficient (Wildman–Crippen LogP) is 5.96. The van der Waals surface area contributed by atoms with Crippen molar-refractivity contribution in [1.82, 2.24) is 0 Å². The van der Waals surface area contributed by atoms with Gasteiger partial charge in [0.05, 0.1) is 17.8 Å². The van der Waals surface area contributed by atoms with Gasteiger partial charge in [-0.15, -0.1) is 0 Å². The zero-order valence-corrected chi connectivity index (χ0v) is 15.9. The number of methoxy groups -OCH3 is 1. The van der Waals surface area contributed by atoms with Crippen molar-refractivity contribution >= 4 is 33.2 Å². The Kier molecular flexibility index (Phi) is 4.61. The van der Waals surface area contributed by atoms with Crippen molar-refractivity contribution in [2.24, 2.45) is 11.3 Å². The highest BCUT2D eigenvalue weighted by atomic mass is 79.9. The first kappa shape index (κ1) is 16.7. The van der Waals surface area contributed by atoms with E-state index >= 15 is 0 Å². The van der Waals surface area contributed by atoms with Crippen LogP contribution in [0.15, 0.2) is 46.9 Å². The van der Waals surface area contributed by atoms with Crippen LogP contribution in [0.5, 0.6) is 5.75 Å². The Hall–Kier alpha value is -1.19. The van der Waals surface area contributed by atoms with E-state index in [9.17, 15) is 0 Å². The van der Waals surface area contributed by atoms with Gasteiger partial charge in [0.1, 0.15) is 5.75 Å². The van der Waals surface area contributed by atoms with Crippen LogP contribution in [0.1, 0.15) is 25.3 Å². The van der Waals surface area contributed by atoms with E-state index < -0.39 is 0 Å². The number of hydrogen-bond acceptors (Lipinski definition) is 2. The van der Waals surface area contributed by atoms with E-state index in [0.717, 1.165) is 22.5 Å². The highest BCUT2D eigenvalue weighted by Gasteiger charge is 2.57. The quantitative estimate of drug-likeness (QED) is 0.675. The summed E-state index contributed by atoms with van der Waals surface area (Å²) < 4.78 is 6.52. The third-order valence-electron chi connectivity index (χ3n) is 4.97. The van der Waals surface area contributed by atoms with Crippen molar-refractivity contribution in [2.45, 2.75) is 19.8 Å². The van der Waals surface area contributed by atoms with E-state index in [1.165, 1.54) is 5.56 Å². The first-order valence-corrected chi connectivity index (χ1v) is 8.94. The van der Waals surface area contributed by atoms with E-state index in [2.05, 4.69) is 59.4 Å². The number of rotatable bonds is 5. The molecule has 0 amide bonds. The lowest BCUT2D eigenvalue weighted by molar-refractivity contribution is 0.416. The molecular formula is C19H21BrClNO. The monoisotopic (exact) mass is 393 g/mol. The molecule has 1 N–H and O–H groups in total. The van der Waals surface area contributed by atoms with Gasteiger partial charge in [-0.1, -0.05) is 59.6 Å². The number of anilines is 1. The van der Waals surface area contributed by atoms with Gasteiger partial charge in [0, 0.05) is 11.0 Å². The molecule has 0 aromatic heterocycles. The molecule has 0 bridgehead atoms. The SMILES string of the molecule is COc1cccc(Cl)c1NCC1C(c2ccc(Br)cc2)C1(C)C. The first-order chi connectivity index (χ1) is 10.9. The molecular weight excluding hydrogens is 374 g/mol. The first-order valence-electron chi connectivity index (χ1n) is 7.77. The van der Waals surface area contributed by atoms with Crippen molar-refractivity contribution in [1.29, 1.82) is 0 Å². The number of benzene rings is 2. The van der Waals surface area contributed by atoms with Crippen molar-refractivity contribution < 1.29 is 4.74 Å². The van der Waals surface area contributed by atoms with Crippen LogP contribution in [0.2, 0.25) is 5.02 Å². The molecule has 1 aliphatic rings. The van der Waals surface area contributed by atoms with Crippen LogP contribution < -0.4 is 10.1 Å². The maximum absolute atomic E-state index is 6.31. The van der Waals surface area contributed by atoms with Gasteiger partial charge >= 0.3 is 0 Å². The molecule has 2 aromatic rings. The maximum atomic E-state index is 6.31. The van der Waals surface area contributed by atoms with Gasteiger partial charge in [-0.05, 0) is 47.1 Å². The van der Waals surface area contributed by atoms with E-state index in [0.29, 0.717) is 16.9 Å². The normalized spacial score (nSPS) is 21.8. The third-order valence-corrected chi connectivity index (χ3v) is 5.82. The van der Waals surface area contributed by atoms with Crippen LogP contribution in [-0.4, -0.2) is 13.7 Å². The van der Waals surface area contributed by atoms with Crippen LogP contribution in [0.3, 0.4) is 0 Å². The molecule has 1 aliphatic carbocycles. The molecule has 0 heterocycles. The molecule has 3 rings (SSSR count). The van der Waals surface area contributed by atoms with Gasteiger partial charge in [-0.2, -0.15) is 0 Å². The van der Waals surface area contributed by atoms with E-state index in [1.807, 2.05) is 18.2 Å². The van der Waals surface area contributed by atoms with Crippen LogP contribution in [-0.2, 0) is 0 Å². The van der Waals surface area contributed by atoms with E-state index in [-0.39, 0.29) is 5.41 Å². The standard InChI is InChI=1S/C19H21BrClNO/c1-19(2)14(17(19)12-7-9-13(20)10-8-12)11-22-18-15(21)5-4-6-16(18)23-3/h4-10,14,17,22H,11H2,1-3H3. The van der Waals surface area contributed by atoms with Crippen LogP contribution >= 0.6 is 27.5 Å². The average molecular weight is 395 g/mol. The Morgan fingerprint density at radius 1 is 1.17 bits per heavy atom. The van der Waals surface area contributed by atoms with Gasteiger partial charge in [0.15, 0.2) is 0 Å². The Labute approximate surface area is 151 Å². The summed E-state index contributed by atoms with van der Waals surface area (Å²) in [7, 11) is 1.67. The molecule has 0 radical (unpaired) electrons. The second kappa shape index (κ2) is 6.37. The number of halogens is 2. The van der Waals surface area contributed by atoms with Crippen LogP contribution in [0.4, 0.5) is 5.69 Å². The van der Waals surface area contributed by atoms with Gasteiger partial charge in [0.25, 0.3) is 0 Å². The summed E-state index contributed by atoms with van der Waals surface area (Å²) in [6, 6.07) is 14.4. The Morgan fingerprint density at radius 3 is 2.52 bits per heavy atom. The molecule has 0 aliphatic heterocycles. The third kappa shape index (κ3) is 3.22. The second-order valence-corrected chi connectivity index (χ2v) is 7.98. The molecule has 2 aromatic carbocycles. The van der Waals surface area contributed by atoms with Crippen molar-refractivity contribution in [3.05, 3.63) is 57.5 Å². The molecule has 2 unspecified atom stereocenters. The second-order valence-electron chi connectivity index (χ2n) is 6.66. The molecule has 1 fully saturated rings. The summed E-state index contributed by atoms with van der Waals surface area (Å²) in [6.07, 6.45) is 0. The molecule has 23 heavy (non-hydrogen) atoms. The summed E-state index contributed by atoms with van der Waals surface area (Å²) in [5, 5.41) is 4.19. The maximum Gasteiger partial charge on any atom is 0.143 e. The minimum Gasteiger partial charge on any atom is -0.495 e. The fourth-order valence-electron chi connectivity index (χ4n) is 3.52. The number of para-hydroxylation sites is 1. The molecule has 1 saturated carbocycles. The summed E-state index contributed by atoms with van der Waals surface area (Å²) in [4.78, 5) is 0. The summed E-state index contributed by atoms with van der Waals surface area (Å²) in [6.45, 7) is 5.54. The van der Waals surface area contributed by atoms with Gasteiger partial charge < -0.3 is 10.1 Å². The molecule has 0 saturated heterocycles. The highest BCUT2D eigenvalue weighted by molar-refractivity contribution is 9.10.